The van der Waals surface area contributed by atoms with Gasteiger partial charge in [-0.2, -0.15) is 26.3 Å². The number of likely N-dealkylation sites (N-methyl/N-ethyl adjacent to an activating group) is 1. The third-order valence-corrected chi connectivity index (χ3v) is 6.07. The van der Waals surface area contributed by atoms with Crippen LogP contribution in [0.3, 0.4) is 0 Å². The molecular weight excluding hydrogens is 453 g/mol. The van der Waals surface area contributed by atoms with Gasteiger partial charge < -0.3 is 0 Å². The summed E-state index contributed by atoms with van der Waals surface area (Å²) in [5, 5.41) is 2.94. The standard InChI is InChI=1S/C23H23F7N2O/c1-21(2,16-10-17(22(25,26)27)12-18(11-16)23(28,29)30)20(33)31(3)32-9-8-15(13-32)14-4-6-19(24)7-5-14/h4-7,10-12,15H,8-9,13H2,1-3H3/t15-/m0/s1. The van der Waals surface area contributed by atoms with Crippen LogP contribution in [0.25, 0.3) is 0 Å². The van der Waals surface area contributed by atoms with Crippen LogP contribution < -0.4 is 0 Å². The topological polar surface area (TPSA) is 23.6 Å². The zero-order chi connectivity index (χ0) is 24.8. The molecule has 0 bridgehead atoms. The second-order valence-electron chi connectivity index (χ2n) is 8.70. The lowest BCUT2D eigenvalue weighted by atomic mass is 9.81. The Balaban J connectivity index is 1.86. The molecule has 0 N–H and O–H groups in total. The number of alkyl halides is 6. The van der Waals surface area contributed by atoms with E-state index in [0.29, 0.717) is 31.6 Å². The number of amides is 1. The highest BCUT2D eigenvalue weighted by atomic mass is 19.4. The summed E-state index contributed by atoms with van der Waals surface area (Å²) < 4.78 is 92.8. The van der Waals surface area contributed by atoms with Gasteiger partial charge in [-0.3, -0.25) is 9.80 Å². The van der Waals surface area contributed by atoms with Crippen LogP contribution in [0.2, 0.25) is 0 Å². The highest BCUT2D eigenvalue weighted by Gasteiger charge is 2.42. The minimum atomic E-state index is -5.00. The molecule has 0 aliphatic carbocycles. The quantitative estimate of drug-likeness (QED) is 0.505. The Morgan fingerprint density at radius 2 is 1.39 bits per heavy atom. The van der Waals surface area contributed by atoms with Crippen molar-refractivity contribution in [1.82, 2.24) is 10.0 Å². The van der Waals surface area contributed by atoms with Crippen molar-refractivity contribution in [1.29, 1.82) is 0 Å². The van der Waals surface area contributed by atoms with Crippen LogP contribution in [-0.2, 0) is 22.6 Å². The number of hydrazine groups is 1. The predicted molar refractivity (Wildman–Crippen MR) is 108 cm³/mol. The number of hydrogen-bond acceptors (Lipinski definition) is 2. The van der Waals surface area contributed by atoms with Crippen LogP contribution in [-0.4, -0.2) is 36.1 Å². The summed E-state index contributed by atoms with van der Waals surface area (Å²) in [4.78, 5) is 13.2. The Bertz CT molecular complexity index is 981. The minimum absolute atomic E-state index is 0.00866. The minimum Gasteiger partial charge on any atom is -0.278 e. The number of benzene rings is 2. The molecule has 10 heteroatoms. The van der Waals surface area contributed by atoms with E-state index in [1.54, 1.807) is 17.1 Å². The molecule has 1 heterocycles. The molecule has 0 radical (unpaired) electrons. The third-order valence-electron chi connectivity index (χ3n) is 6.07. The molecule has 3 rings (SSSR count). The van der Waals surface area contributed by atoms with Gasteiger partial charge in [0.1, 0.15) is 5.82 Å². The van der Waals surface area contributed by atoms with Crippen LogP contribution in [0.4, 0.5) is 30.7 Å². The Morgan fingerprint density at radius 3 is 1.88 bits per heavy atom. The van der Waals surface area contributed by atoms with Crippen LogP contribution in [0.5, 0.6) is 0 Å². The summed E-state index contributed by atoms with van der Waals surface area (Å²) in [6.07, 6.45) is -9.35. The number of nitrogens with zero attached hydrogens (tertiary/aromatic N) is 2. The number of carbonyl (C=O) groups excluding carboxylic acids is 1. The maximum absolute atomic E-state index is 13.3. The number of hydrogen-bond donors (Lipinski definition) is 0. The number of rotatable bonds is 4. The molecule has 3 nitrogen and oxygen atoms in total. The Labute approximate surface area is 186 Å². The predicted octanol–water partition coefficient (Wildman–Crippen LogP) is 6.00. The summed E-state index contributed by atoms with van der Waals surface area (Å²) in [5.74, 6) is -1.01. The van der Waals surface area contributed by atoms with Gasteiger partial charge in [0.05, 0.1) is 16.5 Å². The van der Waals surface area contributed by atoms with Crippen molar-refractivity contribution < 1.29 is 35.5 Å². The first-order valence-electron chi connectivity index (χ1n) is 10.2. The highest BCUT2D eigenvalue weighted by molar-refractivity contribution is 5.87. The van der Waals surface area contributed by atoms with Crippen molar-refractivity contribution in [3.05, 3.63) is 70.5 Å². The van der Waals surface area contributed by atoms with Crippen molar-refractivity contribution in [3.8, 4) is 0 Å². The van der Waals surface area contributed by atoms with Gasteiger partial charge >= 0.3 is 12.4 Å². The van der Waals surface area contributed by atoms with E-state index in [-0.39, 0.29) is 23.4 Å². The van der Waals surface area contributed by atoms with E-state index in [1.165, 1.54) is 38.0 Å². The summed E-state index contributed by atoms with van der Waals surface area (Å²) in [6.45, 7) is 3.46. The maximum Gasteiger partial charge on any atom is 0.416 e. The lowest BCUT2D eigenvalue weighted by molar-refractivity contribution is -0.150. The van der Waals surface area contributed by atoms with Gasteiger partial charge in [-0.1, -0.05) is 12.1 Å². The fraction of sp³-hybridized carbons (Fsp3) is 0.435. The molecule has 180 valence electrons. The normalized spacial score (nSPS) is 17.9. The summed E-state index contributed by atoms with van der Waals surface area (Å²) in [5.41, 5.74) is -4.09. The zero-order valence-electron chi connectivity index (χ0n) is 18.2. The average molecular weight is 476 g/mol. The van der Waals surface area contributed by atoms with Gasteiger partial charge in [-0.25, -0.2) is 9.40 Å². The van der Waals surface area contributed by atoms with E-state index >= 15 is 0 Å². The molecule has 1 aliphatic heterocycles. The van der Waals surface area contributed by atoms with Gasteiger partial charge in [-0.15, -0.1) is 0 Å². The second kappa shape index (κ2) is 8.62. The highest BCUT2D eigenvalue weighted by Crippen LogP contribution is 2.40. The first-order chi connectivity index (χ1) is 15.1. The fourth-order valence-corrected chi connectivity index (χ4v) is 3.99. The maximum atomic E-state index is 13.3. The lowest BCUT2D eigenvalue weighted by Gasteiger charge is -2.35. The summed E-state index contributed by atoms with van der Waals surface area (Å²) in [6, 6.07) is 7.19. The van der Waals surface area contributed by atoms with Gasteiger partial charge in [-0.05, 0) is 67.6 Å². The van der Waals surface area contributed by atoms with Crippen molar-refractivity contribution in [2.75, 3.05) is 20.1 Å². The van der Waals surface area contributed by atoms with E-state index < -0.39 is 34.8 Å². The van der Waals surface area contributed by atoms with Gasteiger partial charge in [0.15, 0.2) is 0 Å². The molecule has 1 amide bonds. The van der Waals surface area contributed by atoms with Gasteiger partial charge in [0.2, 0.25) is 5.91 Å². The van der Waals surface area contributed by atoms with Crippen LogP contribution >= 0.6 is 0 Å². The molecule has 0 unspecified atom stereocenters. The Morgan fingerprint density at radius 1 is 0.909 bits per heavy atom. The van der Waals surface area contributed by atoms with E-state index in [2.05, 4.69) is 0 Å². The molecule has 1 aliphatic rings. The molecule has 1 atom stereocenters. The van der Waals surface area contributed by atoms with Crippen molar-refractivity contribution in [3.63, 3.8) is 0 Å². The van der Waals surface area contributed by atoms with E-state index in [4.69, 9.17) is 0 Å². The molecule has 0 saturated carbocycles. The molecule has 0 spiro atoms. The first kappa shape index (κ1) is 25.0. The zero-order valence-corrected chi connectivity index (χ0v) is 18.2. The first-order valence-corrected chi connectivity index (χ1v) is 10.2. The van der Waals surface area contributed by atoms with Crippen molar-refractivity contribution >= 4 is 5.91 Å². The van der Waals surface area contributed by atoms with Crippen molar-refractivity contribution in [2.24, 2.45) is 0 Å². The smallest absolute Gasteiger partial charge is 0.278 e. The Kier molecular flexibility index (Phi) is 6.54. The third kappa shape index (κ3) is 5.31. The van der Waals surface area contributed by atoms with E-state index in [9.17, 15) is 35.5 Å². The van der Waals surface area contributed by atoms with Gasteiger partial charge in [0.25, 0.3) is 0 Å². The van der Waals surface area contributed by atoms with E-state index in [1.807, 2.05) is 0 Å². The molecule has 2 aromatic carbocycles. The molecule has 2 aromatic rings. The van der Waals surface area contributed by atoms with Gasteiger partial charge in [0, 0.05) is 20.1 Å². The fourth-order valence-electron chi connectivity index (χ4n) is 3.99. The monoisotopic (exact) mass is 476 g/mol. The van der Waals surface area contributed by atoms with Crippen LogP contribution in [0.15, 0.2) is 42.5 Å². The number of carbonyl (C=O) groups is 1. The number of halogens is 7. The lowest BCUT2D eigenvalue weighted by Crippen LogP contribution is -2.49. The van der Waals surface area contributed by atoms with E-state index in [0.717, 1.165) is 5.56 Å². The summed E-state index contributed by atoms with van der Waals surface area (Å²) in [7, 11) is 1.44. The second-order valence-corrected chi connectivity index (χ2v) is 8.70. The SMILES string of the molecule is CN(C(=O)C(C)(C)c1cc(C(F)(F)F)cc(C(F)(F)F)c1)N1CC[C@H](c2ccc(F)cc2)C1. The summed E-state index contributed by atoms with van der Waals surface area (Å²) >= 11 is 0. The van der Waals surface area contributed by atoms with Crippen LogP contribution in [0.1, 0.15) is 48.4 Å². The molecule has 0 aromatic heterocycles. The van der Waals surface area contributed by atoms with Crippen LogP contribution in [0, 0.1) is 5.82 Å². The Hall–Kier alpha value is -2.62. The molecule has 33 heavy (non-hydrogen) atoms. The van der Waals surface area contributed by atoms with Crippen molar-refractivity contribution in [2.45, 2.75) is 44.0 Å². The molecular formula is C23H23F7N2O. The average Bonchev–Trinajstić information content (AvgIpc) is 3.21. The molecule has 1 fully saturated rings. The largest absolute Gasteiger partial charge is 0.416 e. The molecule has 1 saturated heterocycles.